The molecule has 2 aliphatic heterocycles. The molecule has 0 radical (unpaired) electrons. The molecule has 1 aliphatic carbocycles. The molecule has 67 heavy (non-hydrogen) atoms. The quantitative estimate of drug-likeness (QED) is 0.221. The first-order chi connectivity index (χ1) is 31.0. The van der Waals surface area contributed by atoms with Crippen LogP contribution in [0, 0.1) is 0 Å². The molecule has 0 bridgehead atoms. The van der Waals surface area contributed by atoms with Gasteiger partial charge in [-0.25, -0.2) is 0 Å². The molecule has 13 heteroatoms. The Morgan fingerprint density at radius 3 is 1.60 bits per heavy atom. The lowest BCUT2D eigenvalue weighted by atomic mass is 9.33. The van der Waals surface area contributed by atoms with E-state index in [0.29, 0.717) is 0 Å². The number of nitrogens with zero attached hydrogens (tertiary/aromatic N) is 2. The van der Waals surface area contributed by atoms with E-state index < -0.39 is 0 Å². The summed E-state index contributed by atoms with van der Waals surface area (Å²) in [4.78, 5) is 5.30. The second kappa shape index (κ2) is 14.5. The van der Waals surface area contributed by atoms with E-state index in [0.717, 1.165) is 46.7 Å². The number of benzene rings is 5. The minimum Gasteiger partial charge on any atom is -0.473 e. The Morgan fingerprint density at radius 2 is 1.06 bits per heavy atom. The van der Waals surface area contributed by atoms with E-state index >= 15 is 0 Å². The first-order valence-corrected chi connectivity index (χ1v) is 25.1. The number of furan rings is 2. The van der Waals surface area contributed by atoms with Gasteiger partial charge in [-0.3, -0.25) is 0 Å². The predicted molar refractivity (Wildman–Crippen MR) is 317 cm³/mol. The summed E-state index contributed by atoms with van der Waals surface area (Å²) < 4.78 is 14.6. The predicted octanol–water partition coefficient (Wildman–Crippen LogP) is -0.430. The summed E-state index contributed by atoms with van der Waals surface area (Å²) in [5, 5.41) is 2.41. The van der Waals surface area contributed by atoms with Gasteiger partial charge in [0.15, 0.2) is 7.85 Å². The van der Waals surface area contributed by atoms with E-state index in [1.54, 1.807) is 0 Å². The molecule has 0 saturated carbocycles. The minimum atomic E-state index is -0.193. The highest BCUT2D eigenvalue weighted by molar-refractivity contribution is 7.02. The summed E-state index contributed by atoms with van der Waals surface area (Å²) in [5.74, 6) is 0. The molecule has 2 aromatic heterocycles. The molecule has 0 saturated heterocycles. The molecular formula is C54H67B9N2O2. The molecule has 7 aromatic rings. The van der Waals surface area contributed by atoms with Crippen molar-refractivity contribution < 1.29 is 8.83 Å². The van der Waals surface area contributed by atoms with E-state index in [4.69, 9.17) is 8.83 Å². The van der Waals surface area contributed by atoms with Gasteiger partial charge in [0, 0.05) is 44.9 Å². The number of fused-ring (bicyclic) bond motifs is 8. The summed E-state index contributed by atoms with van der Waals surface area (Å²) in [7, 11) is 18.5. The topological polar surface area (TPSA) is 32.8 Å². The molecule has 5 aromatic carbocycles. The maximum Gasteiger partial charge on any atom is 0.296 e. The molecule has 4 nitrogen and oxygen atoms in total. The summed E-state index contributed by atoms with van der Waals surface area (Å²) >= 11 is 0. The van der Waals surface area contributed by atoms with Crippen LogP contribution in [0.4, 0.5) is 34.1 Å². The van der Waals surface area contributed by atoms with Gasteiger partial charge in [-0.05, 0) is 115 Å². The summed E-state index contributed by atoms with van der Waals surface area (Å²) in [5.41, 5.74) is 29.7. The standard InChI is InChI=1S/C54H67B9N2O2/c1-50(2,3)24-14-16-26(17-15-24)64-30-20-25(51(4,5)6)21-31-42(30)63(49-44(64)27-22-28-29(23-32(27)66-49)54(12,13)19-18-53(28,10)11)43-41(61)47-33(36(56)48(62)67-47)35(55)46(43)65(31)45-39(59)37(57)34(52(7,8)9)38(58)40(45)60/h14-17,20-23H,18-19,55-62H2,1-13H3. The van der Waals surface area contributed by atoms with Gasteiger partial charge in [0.25, 0.3) is 6.71 Å². The number of hydrogen-bond acceptors (Lipinski definition) is 4. The zero-order valence-electron chi connectivity index (χ0n) is 44.8. The SMILES string of the molecule is Bc1oc2c(B)c3c(c(B)c2c1B)N(c1c(B)c(B)c(C(C)(C)C)c(B)c1B)c1cc(C(C)(C)C)cc2c1B3c1oc3cc4c(cc3c1N2c1ccc(C(C)(C)C)cc1)C(C)(C)CCC4(C)C. The fourth-order valence-corrected chi connectivity index (χ4v) is 12.9. The van der Waals surface area contributed by atoms with Gasteiger partial charge in [-0.2, -0.15) is 0 Å². The summed E-state index contributed by atoms with van der Waals surface area (Å²) in [6, 6.07) is 19.5. The molecule has 0 N–H and O–H groups in total. The van der Waals surface area contributed by atoms with Crippen molar-refractivity contribution in [3.63, 3.8) is 0 Å². The lowest BCUT2D eigenvalue weighted by Crippen LogP contribution is -2.66. The Kier molecular flexibility index (Phi) is 9.95. The van der Waals surface area contributed by atoms with Crippen molar-refractivity contribution in [1.82, 2.24) is 0 Å². The van der Waals surface area contributed by atoms with Crippen LogP contribution in [0.5, 0.6) is 0 Å². The van der Waals surface area contributed by atoms with E-state index in [1.807, 2.05) is 0 Å². The van der Waals surface area contributed by atoms with Crippen LogP contribution in [0.1, 0.15) is 131 Å². The molecule has 0 spiro atoms. The third-order valence-electron chi connectivity index (χ3n) is 17.1. The molecule has 0 unspecified atom stereocenters. The van der Waals surface area contributed by atoms with Crippen LogP contribution in [-0.4, -0.2) is 69.5 Å². The maximum atomic E-state index is 7.68. The van der Waals surface area contributed by atoms with Crippen LogP contribution >= 0.6 is 0 Å². The first-order valence-electron chi connectivity index (χ1n) is 25.1. The van der Waals surface area contributed by atoms with E-state index in [1.165, 1.54) is 111 Å². The van der Waals surface area contributed by atoms with Gasteiger partial charge in [0.2, 0.25) is 0 Å². The Labute approximate surface area is 408 Å². The molecule has 332 valence electrons. The lowest BCUT2D eigenvalue weighted by molar-refractivity contribution is 0.332. The van der Waals surface area contributed by atoms with Crippen LogP contribution in [-0.2, 0) is 27.1 Å². The Bertz CT molecular complexity index is 3270. The Balaban J connectivity index is 1.43. The van der Waals surface area contributed by atoms with Crippen LogP contribution < -0.4 is 70.3 Å². The fourth-order valence-electron chi connectivity index (χ4n) is 12.9. The Hall–Kier alpha value is -4.64. The van der Waals surface area contributed by atoms with Gasteiger partial charge in [-0.1, -0.05) is 140 Å². The first kappa shape index (κ1) is 46.1. The van der Waals surface area contributed by atoms with Crippen molar-refractivity contribution in [2.75, 3.05) is 9.80 Å². The highest BCUT2D eigenvalue weighted by atomic mass is 16.3. The minimum absolute atomic E-state index is 0.00703. The second-order valence-corrected chi connectivity index (χ2v) is 25.5. The average Bonchev–Trinajstić information content (AvgIpc) is 3.75. The molecule has 0 fully saturated rings. The van der Waals surface area contributed by atoms with Crippen molar-refractivity contribution in [1.29, 1.82) is 0 Å². The lowest BCUT2D eigenvalue weighted by Gasteiger charge is -2.46. The van der Waals surface area contributed by atoms with Gasteiger partial charge in [0.1, 0.15) is 66.1 Å². The van der Waals surface area contributed by atoms with Gasteiger partial charge >= 0.3 is 0 Å². The largest absolute Gasteiger partial charge is 0.473 e. The molecule has 3 aliphatic rings. The van der Waals surface area contributed by atoms with Crippen molar-refractivity contribution in [3.05, 3.63) is 76.3 Å². The van der Waals surface area contributed by atoms with Gasteiger partial charge < -0.3 is 18.6 Å². The van der Waals surface area contributed by atoms with Crippen LogP contribution in [0.3, 0.4) is 0 Å². The third kappa shape index (κ3) is 6.50. The molecule has 10 rings (SSSR count). The summed E-state index contributed by atoms with van der Waals surface area (Å²) in [6.45, 7) is 30.7. The van der Waals surface area contributed by atoms with E-state index in [2.05, 4.69) is 211 Å². The van der Waals surface area contributed by atoms with Crippen molar-refractivity contribution in [3.8, 4) is 0 Å². The monoisotopic (exact) mass is 875 g/mol. The zero-order valence-corrected chi connectivity index (χ0v) is 44.8. The highest BCUT2D eigenvalue weighted by Crippen LogP contribution is 2.52. The van der Waals surface area contributed by atoms with Gasteiger partial charge in [-0.15, -0.1) is 0 Å². The highest BCUT2D eigenvalue weighted by Gasteiger charge is 2.50. The second-order valence-electron chi connectivity index (χ2n) is 25.5. The van der Waals surface area contributed by atoms with Crippen molar-refractivity contribution in [2.24, 2.45) is 0 Å². The van der Waals surface area contributed by atoms with Crippen LogP contribution in [0.2, 0.25) is 0 Å². The van der Waals surface area contributed by atoms with E-state index in [-0.39, 0.29) is 33.8 Å². The number of rotatable bonds is 2. The summed E-state index contributed by atoms with van der Waals surface area (Å²) in [6.07, 6.45) is 2.29. The molecule has 0 amide bonds. The zero-order chi connectivity index (χ0) is 48.7. The third-order valence-corrected chi connectivity index (χ3v) is 17.1. The normalized spacial score (nSPS) is 16.3. The van der Waals surface area contributed by atoms with Crippen molar-refractivity contribution in [2.45, 2.75) is 130 Å². The van der Waals surface area contributed by atoms with Crippen molar-refractivity contribution >= 4 is 186 Å². The van der Waals surface area contributed by atoms with Crippen LogP contribution in [0.25, 0.3) is 21.9 Å². The smallest absolute Gasteiger partial charge is 0.296 e. The molecule has 4 heterocycles. The Morgan fingerprint density at radius 1 is 0.522 bits per heavy atom. The van der Waals surface area contributed by atoms with E-state index in [9.17, 15) is 0 Å². The van der Waals surface area contributed by atoms with Crippen LogP contribution in [0.15, 0.2) is 57.4 Å². The molecule has 0 atom stereocenters. The maximum absolute atomic E-state index is 7.68. The van der Waals surface area contributed by atoms with Gasteiger partial charge in [0.05, 0.1) is 11.3 Å². The number of hydrogen-bond donors (Lipinski definition) is 0. The number of anilines is 6. The average molecular weight is 873 g/mol. The molecular weight excluding hydrogens is 806 g/mol. The fraction of sp³-hybridized carbons (Fsp3) is 0.370.